The van der Waals surface area contributed by atoms with E-state index in [0.717, 1.165) is 12.4 Å². The van der Waals surface area contributed by atoms with Crippen LogP contribution in [0.2, 0.25) is 5.15 Å². The van der Waals surface area contributed by atoms with Crippen molar-refractivity contribution >= 4 is 28.8 Å². The van der Waals surface area contributed by atoms with E-state index in [0.29, 0.717) is 11.0 Å². The summed E-state index contributed by atoms with van der Waals surface area (Å²) in [6.45, 7) is 6.86. The van der Waals surface area contributed by atoms with Crippen LogP contribution in [0, 0.1) is 20.8 Å². The first-order chi connectivity index (χ1) is 8.04. The van der Waals surface area contributed by atoms with E-state index in [1.165, 1.54) is 15.3 Å². The molecule has 0 radical (unpaired) electrons. The lowest BCUT2D eigenvalue weighted by molar-refractivity contribution is 1.03. The van der Waals surface area contributed by atoms with Gasteiger partial charge in [-0.1, -0.05) is 11.6 Å². The van der Waals surface area contributed by atoms with Gasteiger partial charge in [-0.2, -0.15) is 0 Å². The summed E-state index contributed by atoms with van der Waals surface area (Å²) in [4.78, 5) is 11.0. The van der Waals surface area contributed by atoms with Gasteiger partial charge >= 0.3 is 0 Å². The molecule has 3 nitrogen and oxygen atoms in total. The van der Waals surface area contributed by atoms with Crippen molar-refractivity contribution < 1.29 is 0 Å². The molecule has 0 amide bonds. The maximum atomic E-state index is 5.87. The number of anilines is 1. The normalized spacial score (nSPS) is 10.6. The van der Waals surface area contributed by atoms with E-state index in [1.54, 1.807) is 17.4 Å². The minimum Gasteiger partial charge on any atom is -0.365 e. The molecule has 0 aliphatic rings. The molecule has 5 heteroatoms. The van der Waals surface area contributed by atoms with E-state index in [-0.39, 0.29) is 0 Å². The molecule has 1 N–H and O–H groups in total. The standard InChI is InChI=1S/C12H14ClN3S/c1-7-4-10(17-8(7)2)6-14-12-5-11(13)15-9(3)16-12/h4-5H,6H2,1-3H3,(H,14,15,16). The van der Waals surface area contributed by atoms with Gasteiger partial charge in [0.25, 0.3) is 0 Å². The molecule has 2 aromatic rings. The van der Waals surface area contributed by atoms with E-state index in [9.17, 15) is 0 Å². The lowest BCUT2D eigenvalue weighted by Crippen LogP contribution is -2.01. The van der Waals surface area contributed by atoms with Gasteiger partial charge in [-0.15, -0.1) is 11.3 Å². The Kier molecular flexibility index (Phi) is 3.64. The number of aromatic nitrogens is 2. The van der Waals surface area contributed by atoms with Crippen LogP contribution in [0.5, 0.6) is 0 Å². The number of hydrogen-bond acceptors (Lipinski definition) is 4. The Morgan fingerprint density at radius 1 is 1.24 bits per heavy atom. The lowest BCUT2D eigenvalue weighted by Gasteiger charge is -2.04. The fraction of sp³-hybridized carbons (Fsp3) is 0.333. The molecule has 17 heavy (non-hydrogen) atoms. The third kappa shape index (κ3) is 3.17. The highest BCUT2D eigenvalue weighted by Gasteiger charge is 2.03. The fourth-order valence-electron chi connectivity index (χ4n) is 1.54. The molecule has 90 valence electrons. The van der Waals surface area contributed by atoms with Crippen LogP contribution in [0.15, 0.2) is 12.1 Å². The topological polar surface area (TPSA) is 37.8 Å². The number of hydrogen-bond donors (Lipinski definition) is 1. The molecule has 0 atom stereocenters. The first kappa shape index (κ1) is 12.3. The monoisotopic (exact) mass is 267 g/mol. The van der Waals surface area contributed by atoms with Crippen LogP contribution in [0.1, 0.15) is 21.1 Å². The van der Waals surface area contributed by atoms with Crippen LogP contribution in [-0.4, -0.2) is 9.97 Å². The van der Waals surface area contributed by atoms with Gasteiger partial charge in [-0.3, -0.25) is 0 Å². The molecule has 0 fully saturated rings. The van der Waals surface area contributed by atoms with Crippen molar-refractivity contribution in [2.24, 2.45) is 0 Å². The molecule has 0 aromatic carbocycles. The van der Waals surface area contributed by atoms with Gasteiger partial charge in [-0.25, -0.2) is 9.97 Å². The van der Waals surface area contributed by atoms with Crippen LogP contribution < -0.4 is 5.32 Å². The predicted octanol–water partition coefficient (Wildman–Crippen LogP) is 3.73. The summed E-state index contributed by atoms with van der Waals surface area (Å²) in [7, 11) is 0. The van der Waals surface area contributed by atoms with Gasteiger partial charge in [0.2, 0.25) is 0 Å². The molecular formula is C12H14ClN3S. The summed E-state index contributed by atoms with van der Waals surface area (Å²) in [6.07, 6.45) is 0. The molecule has 0 bridgehead atoms. The molecule has 2 rings (SSSR count). The number of rotatable bonds is 3. The number of halogens is 1. The summed E-state index contributed by atoms with van der Waals surface area (Å²) < 4.78 is 0. The Labute approximate surface area is 110 Å². The van der Waals surface area contributed by atoms with E-state index in [2.05, 4.69) is 35.2 Å². The van der Waals surface area contributed by atoms with Crippen molar-refractivity contribution in [3.05, 3.63) is 38.4 Å². The molecule has 0 unspecified atom stereocenters. The highest BCUT2D eigenvalue weighted by Crippen LogP contribution is 2.21. The average molecular weight is 268 g/mol. The van der Waals surface area contributed by atoms with Crippen LogP contribution >= 0.6 is 22.9 Å². The molecule has 2 heterocycles. The maximum absolute atomic E-state index is 5.87. The zero-order valence-corrected chi connectivity index (χ0v) is 11.6. The van der Waals surface area contributed by atoms with Crippen molar-refractivity contribution in [3.63, 3.8) is 0 Å². The molecule has 0 aliphatic heterocycles. The second-order valence-corrected chi connectivity index (χ2v) is 5.66. The number of thiophene rings is 1. The SMILES string of the molecule is Cc1nc(Cl)cc(NCc2cc(C)c(C)s2)n1. The first-order valence-corrected chi connectivity index (χ1v) is 6.55. The van der Waals surface area contributed by atoms with E-state index in [1.807, 2.05) is 6.92 Å². The minimum atomic E-state index is 0.471. The Bertz CT molecular complexity index is 497. The summed E-state index contributed by atoms with van der Waals surface area (Å²) in [5.74, 6) is 1.45. The van der Waals surface area contributed by atoms with E-state index < -0.39 is 0 Å². The third-order valence-corrected chi connectivity index (χ3v) is 3.81. The smallest absolute Gasteiger partial charge is 0.134 e. The van der Waals surface area contributed by atoms with Gasteiger partial charge in [0.05, 0.1) is 6.54 Å². The molecule has 2 aromatic heterocycles. The lowest BCUT2D eigenvalue weighted by atomic mass is 10.3. The second-order valence-electron chi connectivity index (χ2n) is 3.93. The van der Waals surface area contributed by atoms with Crippen molar-refractivity contribution in [2.75, 3.05) is 5.32 Å². The summed E-state index contributed by atoms with van der Waals surface area (Å²) in [5.41, 5.74) is 1.34. The van der Waals surface area contributed by atoms with Gasteiger partial charge in [0, 0.05) is 15.8 Å². The minimum absolute atomic E-state index is 0.471. The van der Waals surface area contributed by atoms with E-state index in [4.69, 9.17) is 11.6 Å². The summed E-state index contributed by atoms with van der Waals surface area (Å²) in [6, 6.07) is 3.94. The highest BCUT2D eigenvalue weighted by atomic mass is 35.5. The zero-order chi connectivity index (χ0) is 12.4. The number of aryl methyl sites for hydroxylation is 3. The summed E-state index contributed by atoms with van der Waals surface area (Å²) in [5, 5.41) is 3.73. The van der Waals surface area contributed by atoms with E-state index >= 15 is 0 Å². The van der Waals surface area contributed by atoms with Crippen molar-refractivity contribution in [1.29, 1.82) is 0 Å². The number of nitrogens with zero attached hydrogens (tertiary/aromatic N) is 2. The van der Waals surface area contributed by atoms with Crippen LogP contribution in [0.3, 0.4) is 0 Å². The van der Waals surface area contributed by atoms with Gasteiger partial charge < -0.3 is 5.32 Å². The van der Waals surface area contributed by atoms with Gasteiger partial charge in [0.15, 0.2) is 0 Å². The van der Waals surface area contributed by atoms with Crippen molar-refractivity contribution in [1.82, 2.24) is 9.97 Å². The quantitative estimate of drug-likeness (QED) is 0.861. The van der Waals surface area contributed by atoms with Crippen molar-refractivity contribution in [3.8, 4) is 0 Å². The third-order valence-electron chi connectivity index (χ3n) is 2.47. The number of nitrogens with one attached hydrogen (secondary N) is 1. The fourth-order valence-corrected chi connectivity index (χ4v) is 2.76. The highest BCUT2D eigenvalue weighted by molar-refractivity contribution is 7.12. The van der Waals surface area contributed by atoms with Gasteiger partial charge in [0.1, 0.15) is 16.8 Å². The summed E-state index contributed by atoms with van der Waals surface area (Å²) >= 11 is 7.68. The Hall–Kier alpha value is -1.13. The Morgan fingerprint density at radius 3 is 2.59 bits per heavy atom. The molecule has 0 aliphatic carbocycles. The molecule has 0 saturated heterocycles. The average Bonchev–Trinajstić information content (AvgIpc) is 2.54. The van der Waals surface area contributed by atoms with Crippen molar-refractivity contribution in [2.45, 2.75) is 27.3 Å². The predicted molar refractivity (Wildman–Crippen MR) is 72.9 cm³/mol. The van der Waals surface area contributed by atoms with Crippen LogP contribution in [0.4, 0.5) is 5.82 Å². The maximum Gasteiger partial charge on any atom is 0.134 e. The molecule has 0 spiro atoms. The van der Waals surface area contributed by atoms with Crippen LogP contribution in [-0.2, 0) is 6.54 Å². The Morgan fingerprint density at radius 2 is 2.00 bits per heavy atom. The Balaban J connectivity index is 2.07. The van der Waals surface area contributed by atoms with Gasteiger partial charge in [-0.05, 0) is 32.4 Å². The first-order valence-electron chi connectivity index (χ1n) is 5.35. The second kappa shape index (κ2) is 5.02. The largest absolute Gasteiger partial charge is 0.365 e. The zero-order valence-electron chi connectivity index (χ0n) is 10.0. The molecular weight excluding hydrogens is 254 g/mol. The molecule has 0 saturated carbocycles. The van der Waals surface area contributed by atoms with Crippen LogP contribution in [0.25, 0.3) is 0 Å².